The van der Waals surface area contributed by atoms with Gasteiger partial charge in [-0.3, -0.25) is 10.1 Å². The van der Waals surface area contributed by atoms with E-state index in [1.54, 1.807) is 49.6 Å². The van der Waals surface area contributed by atoms with E-state index in [1.165, 1.54) is 6.07 Å². The summed E-state index contributed by atoms with van der Waals surface area (Å²) in [6, 6.07) is 13.1. The fourth-order valence-corrected chi connectivity index (χ4v) is 1.91. The van der Waals surface area contributed by atoms with Crippen LogP contribution < -0.4 is 10.5 Å². The van der Waals surface area contributed by atoms with Crippen molar-refractivity contribution in [3.63, 3.8) is 0 Å². The normalized spacial score (nSPS) is 11.9. The molecule has 98 valence electrons. The van der Waals surface area contributed by atoms with Crippen LogP contribution in [0.4, 0.5) is 5.69 Å². The van der Waals surface area contributed by atoms with Gasteiger partial charge in [0.1, 0.15) is 5.75 Å². The van der Waals surface area contributed by atoms with Gasteiger partial charge in [0.15, 0.2) is 0 Å². The molecule has 0 amide bonds. The minimum atomic E-state index is -0.535. The second-order valence-corrected chi connectivity index (χ2v) is 4.07. The highest BCUT2D eigenvalue weighted by Gasteiger charge is 2.19. The Kier molecular flexibility index (Phi) is 3.77. The first kappa shape index (κ1) is 13.0. The molecular weight excluding hydrogens is 244 g/mol. The molecule has 0 aliphatic heterocycles. The van der Waals surface area contributed by atoms with Gasteiger partial charge in [-0.05, 0) is 17.7 Å². The van der Waals surface area contributed by atoms with E-state index < -0.39 is 11.0 Å². The molecule has 1 unspecified atom stereocenters. The molecule has 0 saturated carbocycles. The first-order valence-electron chi connectivity index (χ1n) is 5.76. The molecule has 2 rings (SSSR count). The Morgan fingerprint density at radius 1 is 1.16 bits per heavy atom. The van der Waals surface area contributed by atoms with E-state index in [-0.39, 0.29) is 5.69 Å². The lowest BCUT2D eigenvalue weighted by Crippen LogP contribution is -2.13. The van der Waals surface area contributed by atoms with Gasteiger partial charge in [-0.25, -0.2) is 0 Å². The molecular formula is C14H14N2O3. The maximum atomic E-state index is 11.0. The van der Waals surface area contributed by atoms with E-state index in [4.69, 9.17) is 10.5 Å². The van der Waals surface area contributed by atoms with Crippen molar-refractivity contribution in [3.05, 3.63) is 69.8 Å². The SMILES string of the molecule is COc1ccc(C(N)c2ccccc2[N+](=O)[O-])cc1. The van der Waals surface area contributed by atoms with E-state index in [0.717, 1.165) is 11.3 Å². The number of nitro groups is 1. The zero-order chi connectivity index (χ0) is 13.8. The maximum Gasteiger partial charge on any atom is 0.274 e. The molecule has 2 N–H and O–H groups in total. The molecule has 0 bridgehead atoms. The molecule has 5 nitrogen and oxygen atoms in total. The Labute approximate surface area is 110 Å². The van der Waals surface area contributed by atoms with Crippen LogP contribution in [0.2, 0.25) is 0 Å². The summed E-state index contributed by atoms with van der Waals surface area (Å²) in [5.74, 6) is 0.721. The van der Waals surface area contributed by atoms with Crippen LogP contribution in [0.3, 0.4) is 0 Å². The molecule has 5 heteroatoms. The minimum Gasteiger partial charge on any atom is -0.497 e. The zero-order valence-electron chi connectivity index (χ0n) is 10.4. The molecule has 2 aromatic rings. The number of hydrogen-bond acceptors (Lipinski definition) is 4. The molecule has 0 aliphatic carbocycles. The highest BCUT2D eigenvalue weighted by Crippen LogP contribution is 2.28. The van der Waals surface area contributed by atoms with Crippen molar-refractivity contribution < 1.29 is 9.66 Å². The van der Waals surface area contributed by atoms with Crippen LogP contribution in [-0.2, 0) is 0 Å². The van der Waals surface area contributed by atoms with Gasteiger partial charge in [-0.15, -0.1) is 0 Å². The van der Waals surface area contributed by atoms with Crippen LogP contribution in [0.1, 0.15) is 17.2 Å². The van der Waals surface area contributed by atoms with Crippen LogP contribution in [0, 0.1) is 10.1 Å². The third-order valence-electron chi connectivity index (χ3n) is 2.94. The summed E-state index contributed by atoms with van der Waals surface area (Å²) in [4.78, 5) is 10.6. The summed E-state index contributed by atoms with van der Waals surface area (Å²) in [5, 5.41) is 11.0. The average Bonchev–Trinajstić information content (AvgIpc) is 2.46. The summed E-state index contributed by atoms with van der Waals surface area (Å²) in [6.07, 6.45) is 0. The Morgan fingerprint density at radius 3 is 2.37 bits per heavy atom. The lowest BCUT2D eigenvalue weighted by molar-refractivity contribution is -0.385. The number of methoxy groups -OCH3 is 1. The van der Waals surface area contributed by atoms with Crippen molar-refractivity contribution in [1.29, 1.82) is 0 Å². The smallest absolute Gasteiger partial charge is 0.274 e. The summed E-state index contributed by atoms with van der Waals surface area (Å²) in [7, 11) is 1.58. The third-order valence-corrected chi connectivity index (χ3v) is 2.94. The Morgan fingerprint density at radius 2 is 1.79 bits per heavy atom. The molecule has 0 radical (unpaired) electrons. The zero-order valence-corrected chi connectivity index (χ0v) is 10.4. The van der Waals surface area contributed by atoms with Gasteiger partial charge in [0.25, 0.3) is 5.69 Å². The van der Waals surface area contributed by atoms with E-state index in [2.05, 4.69) is 0 Å². The van der Waals surface area contributed by atoms with Crippen molar-refractivity contribution in [1.82, 2.24) is 0 Å². The van der Waals surface area contributed by atoms with Gasteiger partial charge in [-0.2, -0.15) is 0 Å². The second-order valence-electron chi connectivity index (χ2n) is 4.07. The fraction of sp³-hybridized carbons (Fsp3) is 0.143. The van der Waals surface area contributed by atoms with Gasteiger partial charge in [-0.1, -0.05) is 30.3 Å². The number of para-hydroxylation sites is 1. The summed E-state index contributed by atoms with van der Waals surface area (Å²) in [6.45, 7) is 0. The lowest BCUT2D eigenvalue weighted by Gasteiger charge is -2.13. The summed E-state index contributed by atoms with van der Waals surface area (Å²) < 4.78 is 5.07. The van der Waals surface area contributed by atoms with Crippen molar-refractivity contribution >= 4 is 5.69 Å². The molecule has 0 fully saturated rings. The monoisotopic (exact) mass is 258 g/mol. The number of rotatable bonds is 4. The van der Waals surface area contributed by atoms with E-state index >= 15 is 0 Å². The number of nitro benzene ring substituents is 1. The summed E-state index contributed by atoms with van der Waals surface area (Å²) in [5.41, 5.74) is 7.43. The van der Waals surface area contributed by atoms with Gasteiger partial charge in [0.2, 0.25) is 0 Å². The maximum absolute atomic E-state index is 11.0. The number of nitrogens with two attached hydrogens (primary N) is 1. The Hall–Kier alpha value is -2.40. The van der Waals surface area contributed by atoms with Gasteiger partial charge in [0.05, 0.1) is 23.6 Å². The Bertz CT molecular complexity index is 581. The van der Waals surface area contributed by atoms with Crippen molar-refractivity contribution in [2.45, 2.75) is 6.04 Å². The molecule has 0 aliphatic rings. The molecule has 1 atom stereocenters. The number of hydrogen-bond donors (Lipinski definition) is 1. The highest BCUT2D eigenvalue weighted by atomic mass is 16.6. The van der Waals surface area contributed by atoms with Crippen LogP contribution in [-0.4, -0.2) is 12.0 Å². The van der Waals surface area contributed by atoms with Crippen molar-refractivity contribution in [2.75, 3.05) is 7.11 Å². The first-order chi connectivity index (χ1) is 9.13. The van der Waals surface area contributed by atoms with Gasteiger partial charge >= 0.3 is 0 Å². The van der Waals surface area contributed by atoms with Crippen molar-refractivity contribution in [2.24, 2.45) is 5.73 Å². The Balaban J connectivity index is 2.37. The van der Waals surface area contributed by atoms with Crippen LogP contribution in [0.5, 0.6) is 5.75 Å². The number of nitrogens with zero attached hydrogens (tertiary/aromatic N) is 1. The fourth-order valence-electron chi connectivity index (χ4n) is 1.91. The standard InChI is InChI=1S/C14H14N2O3/c1-19-11-8-6-10(7-9-11)14(15)12-4-2-3-5-13(12)16(17)18/h2-9,14H,15H2,1H3. The first-order valence-corrected chi connectivity index (χ1v) is 5.76. The highest BCUT2D eigenvalue weighted by molar-refractivity contribution is 5.46. The minimum absolute atomic E-state index is 0.0332. The molecule has 0 spiro atoms. The van der Waals surface area contributed by atoms with Crippen LogP contribution >= 0.6 is 0 Å². The third kappa shape index (κ3) is 2.71. The van der Waals surface area contributed by atoms with Gasteiger partial charge in [0, 0.05) is 6.07 Å². The topological polar surface area (TPSA) is 78.4 Å². The van der Waals surface area contributed by atoms with E-state index in [0.29, 0.717) is 5.56 Å². The second kappa shape index (κ2) is 5.49. The molecule has 2 aromatic carbocycles. The molecule has 19 heavy (non-hydrogen) atoms. The molecule has 0 aromatic heterocycles. The lowest BCUT2D eigenvalue weighted by atomic mass is 9.98. The van der Waals surface area contributed by atoms with Crippen LogP contribution in [0.25, 0.3) is 0 Å². The number of ether oxygens (including phenoxy) is 1. The largest absolute Gasteiger partial charge is 0.497 e. The molecule has 0 heterocycles. The van der Waals surface area contributed by atoms with E-state index in [1.807, 2.05) is 0 Å². The van der Waals surface area contributed by atoms with E-state index in [9.17, 15) is 10.1 Å². The number of benzene rings is 2. The average molecular weight is 258 g/mol. The van der Waals surface area contributed by atoms with Gasteiger partial charge < -0.3 is 10.5 Å². The molecule has 0 saturated heterocycles. The predicted molar refractivity (Wildman–Crippen MR) is 72.1 cm³/mol. The predicted octanol–water partition coefficient (Wildman–Crippen LogP) is 2.65. The van der Waals surface area contributed by atoms with Crippen molar-refractivity contribution in [3.8, 4) is 5.75 Å². The van der Waals surface area contributed by atoms with Crippen LogP contribution in [0.15, 0.2) is 48.5 Å². The quantitative estimate of drug-likeness (QED) is 0.675. The summed E-state index contributed by atoms with van der Waals surface area (Å²) >= 11 is 0.